The zero-order chi connectivity index (χ0) is 9.80. The second-order valence-electron chi connectivity index (χ2n) is 3.74. The molecule has 3 heteroatoms. The molecule has 0 aliphatic carbocycles. The smallest absolute Gasteiger partial charge is 0.133 e. The highest BCUT2D eigenvalue weighted by atomic mass is 14.9. The third-order valence-corrected chi connectivity index (χ3v) is 2.70. The Labute approximate surface area is 84.4 Å². The van der Waals surface area contributed by atoms with E-state index in [9.17, 15) is 0 Å². The molecule has 2 rings (SSSR count). The van der Waals surface area contributed by atoms with Crippen molar-refractivity contribution in [2.24, 2.45) is 10.7 Å². The number of nitrogens with one attached hydrogen (secondary N) is 1. The zero-order valence-corrected chi connectivity index (χ0v) is 8.42. The molecule has 1 aliphatic rings. The number of fused-ring (bicyclic) bond motifs is 1. The summed E-state index contributed by atoms with van der Waals surface area (Å²) >= 11 is 0. The van der Waals surface area contributed by atoms with Crippen LogP contribution in [0.1, 0.15) is 30.4 Å². The van der Waals surface area contributed by atoms with Gasteiger partial charge in [0.25, 0.3) is 0 Å². The molecule has 0 spiro atoms. The summed E-state index contributed by atoms with van der Waals surface area (Å²) in [5, 5.41) is 0. The number of nitrogens with two attached hydrogens (primary N) is 1. The molecular formula is C11H17N3. The van der Waals surface area contributed by atoms with Crippen molar-refractivity contribution in [3.05, 3.63) is 17.3 Å². The van der Waals surface area contributed by atoms with E-state index in [1.807, 2.05) is 6.21 Å². The lowest BCUT2D eigenvalue weighted by Crippen LogP contribution is -2.00. The highest BCUT2D eigenvalue weighted by Crippen LogP contribution is 2.26. The summed E-state index contributed by atoms with van der Waals surface area (Å²) in [7, 11) is 0. The fourth-order valence-electron chi connectivity index (χ4n) is 1.92. The van der Waals surface area contributed by atoms with Gasteiger partial charge in [0.1, 0.15) is 5.82 Å². The second-order valence-corrected chi connectivity index (χ2v) is 3.74. The lowest BCUT2D eigenvalue weighted by atomic mass is 10.0. The average Bonchev–Trinajstić information content (AvgIpc) is 2.63. The summed E-state index contributed by atoms with van der Waals surface area (Å²) < 4.78 is 0. The number of H-pyrrole nitrogens is 1. The molecule has 14 heavy (non-hydrogen) atoms. The summed E-state index contributed by atoms with van der Waals surface area (Å²) in [6.45, 7) is 0.796. The first-order valence-electron chi connectivity index (χ1n) is 5.33. The molecule has 1 aromatic heterocycles. The minimum absolute atomic E-state index is 0.796. The zero-order valence-electron chi connectivity index (χ0n) is 8.42. The molecular weight excluding hydrogens is 174 g/mol. The molecule has 0 saturated carbocycles. The van der Waals surface area contributed by atoms with Crippen molar-refractivity contribution in [1.29, 1.82) is 0 Å². The Kier molecular flexibility index (Phi) is 2.99. The molecule has 1 aromatic rings. The van der Waals surface area contributed by atoms with Gasteiger partial charge in [-0.05, 0) is 49.8 Å². The van der Waals surface area contributed by atoms with Gasteiger partial charge >= 0.3 is 0 Å². The molecule has 0 unspecified atom stereocenters. The van der Waals surface area contributed by atoms with Crippen molar-refractivity contribution in [2.45, 2.75) is 32.1 Å². The minimum Gasteiger partial charge on any atom is -0.346 e. The summed E-state index contributed by atoms with van der Waals surface area (Å²) in [6, 6.07) is 0. The van der Waals surface area contributed by atoms with E-state index < -0.39 is 0 Å². The van der Waals surface area contributed by atoms with Gasteiger partial charge < -0.3 is 10.7 Å². The molecule has 0 bridgehead atoms. The Balaban J connectivity index is 2.04. The summed E-state index contributed by atoms with van der Waals surface area (Å²) in [4.78, 5) is 7.56. The van der Waals surface area contributed by atoms with E-state index in [0.717, 1.165) is 38.0 Å². The van der Waals surface area contributed by atoms with Gasteiger partial charge in [-0.1, -0.05) is 0 Å². The monoisotopic (exact) mass is 191 g/mol. The van der Waals surface area contributed by atoms with Crippen molar-refractivity contribution >= 4 is 12.0 Å². The number of aromatic nitrogens is 1. The maximum absolute atomic E-state index is 5.47. The van der Waals surface area contributed by atoms with Crippen molar-refractivity contribution in [1.82, 2.24) is 4.98 Å². The maximum Gasteiger partial charge on any atom is 0.133 e. The molecule has 0 aromatic carbocycles. The Bertz CT molecular complexity index is 325. The third-order valence-electron chi connectivity index (χ3n) is 2.70. The van der Waals surface area contributed by atoms with E-state index in [-0.39, 0.29) is 0 Å². The van der Waals surface area contributed by atoms with Gasteiger partial charge in [0.05, 0.1) is 0 Å². The highest BCUT2D eigenvalue weighted by molar-refractivity contribution is 5.68. The normalized spacial score (nSPS) is 14.4. The van der Waals surface area contributed by atoms with Crippen molar-refractivity contribution in [3.8, 4) is 0 Å². The summed E-state index contributed by atoms with van der Waals surface area (Å²) in [5.41, 5.74) is 8.33. The Hall–Kier alpha value is -1.09. The van der Waals surface area contributed by atoms with Crippen LogP contribution in [-0.2, 0) is 12.8 Å². The number of unbranched alkanes of at least 4 members (excludes halogenated alkanes) is 1. The first kappa shape index (κ1) is 9.46. The molecule has 76 valence electrons. The first-order valence-corrected chi connectivity index (χ1v) is 5.33. The van der Waals surface area contributed by atoms with E-state index >= 15 is 0 Å². The second kappa shape index (κ2) is 4.42. The van der Waals surface area contributed by atoms with Gasteiger partial charge in [0.2, 0.25) is 0 Å². The van der Waals surface area contributed by atoms with Crippen LogP contribution >= 0.6 is 0 Å². The molecule has 3 N–H and O–H groups in total. The number of rotatable bonds is 4. The molecule has 1 aliphatic heterocycles. The summed E-state index contributed by atoms with van der Waals surface area (Å²) in [6.07, 6.45) is 9.74. The van der Waals surface area contributed by atoms with Gasteiger partial charge in [-0.2, -0.15) is 0 Å². The SMILES string of the molecule is NCCCCc1c[nH]c2c1CCC=N2. The van der Waals surface area contributed by atoms with Crippen LogP contribution in [0.5, 0.6) is 0 Å². The van der Waals surface area contributed by atoms with Gasteiger partial charge in [-0.15, -0.1) is 0 Å². The molecule has 0 amide bonds. The van der Waals surface area contributed by atoms with Crippen LogP contribution in [0.4, 0.5) is 5.82 Å². The average molecular weight is 191 g/mol. The van der Waals surface area contributed by atoms with Gasteiger partial charge in [0, 0.05) is 12.4 Å². The Morgan fingerprint density at radius 1 is 1.43 bits per heavy atom. The van der Waals surface area contributed by atoms with Crippen molar-refractivity contribution < 1.29 is 0 Å². The lowest BCUT2D eigenvalue weighted by Gasteiger charge is -2.06. The van der Waals surface area contributed by atoms with Gasteiger partial charge in [-0.25, -0.2) is 4.99 Å². The Morgan fingerprint density at radius 3 is 3.21 bits per heavy atom. The Morgan fingerprint density at radius 2 is 2.36 bits per heavy atom. The highest BCUT2D eigenvalue weighted by Gasteiger charge is 2.11. The predicted octanol–water partition coefficient (Wildman–Crippen LogP) is 1.94. The van der Waals surface area contributed by atoms with E-state index in [1.54, 1.807) is 0 Å². The maximum atomic E-state index is 5.47. The van der Waals surface area contributed by atoms with Gasteiger partial charge in [-0.3, -0.25) is 0 Å². The van der Waals surface area contributed by atoms with Crippen LogP contribution in [0.2, 0.25) is 0 Å². The van der Waals surface area contributed by atoms with Crippen molar-refractivity contribution in [3.63, 3.8) is 0 Å². The van der Waals surface area contributed by atoms with Gasteiger partial charge in [0.15, 0.2) is 0 Å². The first-order chi connectivity index (χ1) is 6.92. The number of hydrogen-bond donors (Lipinski definition) is 2. The van der Waals surface area contributed by atoms with E-state index in [0.29, 0.717) is 0 Å². The lowest BCUT2D eigenvalue weighted by molar-refractivity contribution is 0.740. The van der Waals surface area contributed by atoms with Crippen LogP contribution in [0.15, 0.2) is 11.2 Å². The fourth-order valence-corrected chi connectivity index (χ4v) is 1.92. The quantitative estimate of drug-likeness (QED) is 0.702. The largest absolute Gasteiger partial charge is 0.346 e. The molecule has 0 saturated heterocycles. The van der Waals surface area contributed by atoms with Crippen molar-refractivity contribution in [2.75, 3.05) is 6.54 Å². The molecule has 0 atom stereocenters. The molecule has 0 radical (unpaired) electrons. The number of nitrogens with zero attached hydrogens (tertiary/aromatic N) is 1. The standard InChI is InChI=1S/C11H17N3/c12-6-2-1-4-9-8-14-11-10(9)5-3-7-13-11/h7-8,14H,1-6,12H2. The van der Waals surface area contributed by atoms with Crippen LogP contribution in [-0.4, -0.2) is 17.7 Å². The minimum atomic E-state index is 0.796. The number of aryl methyl sites for hydroxylation is 1. The number of hydrogen-bond acceptors (Lipinski definition) is 2. The van der Waals surface area contributed by atoms with Crippen LogP contribution in [0.3, 0.4) is 0 Å². The van der Waals surface area contributed by atoms with Crippen LogP contribution < -0.4 is 5.73 Å². The van der Waals surface area contributed by atoms with E-state index in [2.05, 4.69) is 16.2 Å². The molecule has 2 heterocycles. The number of aromatic amines is 1. The summed E-state index contributed by atoms with van der Waals surface area (Å²) in [5.74, 6) is 1.07. The molecule has 3 nitrogen and oxygen atoms in total. The van der Waals surface area contributed by atoms with E-state index in [4.69, 9.17) is 5.73 Å². The fraction of sp³-hybridized carbons (Fsp3) is 0.545. The predicted molar refractivity (Wildman–Crippen MR) is 59.3 cm³/mol. The van der Waals surface area contributed by atoms with Crippen LogP contribution in [0, 0.1) is 0 Å². The third kappa shape index (κ3) is 1.87. The molecule has 0 fully saturated rings. The number of aliphatic imine (C=N–C) groups is 1. The van der Waals surface area contributed by atoms with Crippen LogP contribution in [0.25, 0.3) is 0 Å². The topological polar surface area (TPSA) is 54.2 Å². The van der Waals surface area contributed by atoms with E-state index in [1.165, 1.54) is 17.5 Å².